The van der Waals surface area contributed by atoms with Gasteiger partial charge in [-0.3, -0.25) is 11.3 Å². The van der Waals surface area contributed by atoms with Gasteiger partial charge in [-0.1, -0.05) is 37.5 Å². The standard InChI is InChI=1S/C13H22N2S/c1-3-4-5-12(15-14)10-16-13-8-6-11(2)7-9-13/h6-9,12,15H,3-5,10,14H2,1-2H3. The second-order valence-electron chi connectivity index (χ2n) is 4.13. The van der Waals surface area contributed by atoms with Crippen molar-refractivity contribution in [2.45, 2.75) is 44.0 Å². The van der Waals surface area contributed by atoms with Crippen molar-refractivity contribution in [1.29, 1.82) is 0 Å². The van der Waals surface area contributed by atoms with E-state index in [1.807, 2.05) is 11.8 Å². The number of rotatable bonds is 7. The topological polar surface area (TPSA) is 38.0 Å². The summed E-state index contributed by atoms with van der Waals surface area (Å²) in [4.78, 5) is 1.32. The molecular weight excluding hydrogens is 216 g/mol. The van der Waals surface area contributed by atoms with Crippen LogP contribution in [0.3, 0.4) is 0 Å². The quantitative estimate of drug-likeness (QED) is 0.435. The van der Waals surface area contributed by atoms with Gasteiger partial charge < -0.3 is 0 Å². The zero-order valence-electron chi connectivity index (χ0n) is 10.2. The Labute approximate surface area is 103 Å². The molecule has 0 radical (unpaired) electrons. The van der Waals surface area contributed by atoms with Crippen molar-refractivity contribution < 1.29 is 0 Å². The largest absolute Gasteiger partial charge is 0.271 e. The maximum absolute atomic E-state index is 5.54. The molecule has 2 nitrogen and oxygen atoms in total. The van der Waals surface area contributed by atoms with Crippen LogP contribution in [-0.2, 0) is 0 Å². The first-order valence-corrected chi connectivity index (χ1v) is 6.90. The first kappa shape index (κ1) is 13.6. The van der Waals surface area contributed by atoms with Gasteiger partial charge in [0.1, 0.15) is 0 Å². The molecule has 3 heteroatoms. The summed E-state index contributed by atoms with van der Waals surface area (Å²) in [6.07, 6.45) is 3.63. The maximum atomic E-state index is 5.54. The van der Waals surface area contributed by atoms with Crippen LogP contribution in [-0.4, -0.2) is 11.8 Å². The van der Waals surface area contributed by atoms with Gasteiger partial charge in [-0.05, 0) is 25.5 Å². The van der Waals surface area contributed by atoms with Crippen molar-refractivity contribution in [2.24, 2.45) is 5.84 Å². The van der Waals surface area contributed by atoms with Gasteiger partial charge in [-0.15, -0.1) is 11.8 Å². The predicted molar refractivity (Wildman–Crippen MR) is 72.5 cm³/mol. The van der Waals surface area contributed by atoms with Crippen LogP contribution in [0.15, 0.2) is 29.2 Å². The van der Waals surface area contributed by atoms with E-state index >= 15 is 0 Å². The lowest BCUT2D eigenvalue weighted by molar-refractivity contribution is 0.516. The fourth-order valence-electron chi connectivity index (χ4n) is 1.50. The number of benzene rings is 1. The summed E-state index contributed by atoms with van der Waals surface area (Å²) in [7, 11) is 0. The van der Waals surface area contributed by atoms with E-state index in [0.717, 1.165) is 12.2 Å². The molecular formula is C13H22N2S. The Hall–Kier alpha value is -0.510. The van der Waals surface area contributed by atoms with Gasteiger partial charge >= 0.3 is 0 Å². The van der Waals surface area contributed by atoms with E-state index in [4.69, 9.17) is 5.84 Å². The molecule has 90 valence electrons. The zero-order valence-corrected chi connectivity index (χ0v) is 11.0. The SMILES string of the molecule is CCCCC(CSc1ccc(C)cc1)NN. The Kier molecular flexibility index (Phi) is 6.53. The molecule has 0 aromatic heterocycles. The van der Waals surface area contributed by atoms with Crippen LogP contribution in [0.1, 0.15) is 31.7 Å². The van der Waals surface area contributed by atoms with Crippen molar-refractivity contribution in [3.8, 4) is 0 Å². The molecule has 0 spiro atoms. The summed E-state index contributed by atoms with van der Waals surface area (Å²) in [5, 5.41) is 0. The van der Waals surface area contributed by atoms with Gasteiger partial charge in [0.2, 0.25) is 0 Å². The van der Waals surface area contributed by atoms with E-state index in [0.29, 0.717) is 6.04 Å². The highest BCUT2D eigenvalue weighted by Crippen LogP contribution is 2.20. The molecule has 3 N–H and O–H groups in total. The molecule has 0 fully saturated rings. The van der Waals surface area contributed by atoms with Crippen LogP contribution in [0.4, 0.5) is 0 Å². The van der Waals surface area contributed by atoms with E-state index in [-0.39, 0.29) is 0 Å². The van der Waals surface area contributed by atoms with E-state index in [2.05, 4.69) is 43.5 Å². The molecule has 0 saturated carbocycles. The first-order chi connectivity index (χ1) is 7.76. The number of unbranched alkanes of at least 4 members (excludes halogenated alkanes) is 1. The fourth-order valence-corrected chi connectivity index (χ4v) is 2.48. The Bertz CT molecular complexity index is 284. The molecule has 0 saturated heterocycles. The minimum Gasteiger partial charge on any atom is -0.271 e. The van der Waals surface area contributed by atoms with Gasteiger partial charge in [-0.25, -0.2) is 0 Å². The van der Waals surface area contributed by atoms with Gasteiger partial charge in [-0.2, -0.15) is 0 Å². The van der Waals surface area contributed by atoms with E-state index in [1.165, 1.54) is 23.3 Å². The summed E-state index contributed by atoms with van der Waals surface area (Å²) in [6.45, 7) is 4.32. The van der Waals surface area contributed by atoms with Crippen molar-refractivity contribution in [3.63, 3.8) is 0 Å². The molecule has 1 rings (SSSR count). The predicted octanol–water partition coefficient (Wildman–Crippen LogP) is 3.11. The minimum atomic E-state index is 0.422. The summed E-state index contributed by atoms with van der Waals surface area (Å²) in [5.41, 5.74) is 4.21. The molecule has 1 unspecified atom stereocenters. The van der Waals surface area contributed by atoms with Crippen LogP contribution in [0.25, 0.3) is 0 Å². The van der Waals surface area contributed by atoms with Crippen LogP contribution in [0.5, 0.6) is 0 Å². The number of hydrogen-bond acceptors (Lipinski definition) is 3. The Morgan fingerprint density at radius 2 is 2.00 bits per heavy atom. The minimum absolute atomic E-state index is 0.422. The van der Waals surface area contributed by atoms with Crippen molar-refractivity contribution in [3.05, 3.63) is 29.8 Å². The molecule has 0 aliphatic heterocycles. The average Bonchev–Trinajstić information content (AvgIpc) is 2.32. The second kappa shape index (κ2) is 7.71. The third-order valence-electron chi connectivity index (χ3n) is 2.61. The fraction of sp³-hybridized carbons (Fsp3) is 0.538. The molecule has 1 aromatic rings. The summed E-state index contributed by atoms with van der Waals surface area (Å²) < 4.78 is 0. The van der Waals surface area contributed by atoms with Gasteiger partial charge in [0.05, 0.1) is 0 Å². The summed E-state index contributed by atoms with van der Waals surface area (Å²) >= 11 is 1.87. The second-order valence-corrected chi connectivity index (χ2v) is 5.22. The number of aryl methyl sites for hydroxylation is 1. The highest BCUT2D eigenvalue weighted by molar-refractivity contribution is 7.99. The third-order valence-corrected chi connectivity index (χ3v) is 3.79. The van der Waals surface area contributed by atoms with Crippen LogP contribution >= 0.6 is 11.8 Å². The number of thioether (sulfide) groups is 1. The van der Waals surface area contributed by atoms with Crippen LogP contribution < -0.4 is 11.3 Å². The highest BCUT2D eigenvalue weighted by atomic mass is 32.2. The number of hydrazine groups is 1. The van der Waals surface area contributed by atoms with E-state index < -0.39 is 0 Å². The molecule has 0 bridgehead atoms. The lowest BCUT2D eigenvalue weighted by Gasteiger charge is -2.14. The first-order valence-electron chi connectivity index (χ1n) is 5.92. The smallest absolute Gasteiger partial charge is 0.0304 e. The van der Waals surface area contributed by atoms with Gasteiger partial charge in [0.15, 0.2) is 0 Å². The Balaban J connectivity index is 2.34. The normalized spacial score (nSPS) is 12.7. The van der Waals surface area contributed by atoms with Crippen LogP contribution in [0.2, 0.25) is 0 Å². The van der Waals surface area contributed by atoms with Gasteiger partial charge in [0.25, 0.3) is 0 Å². The summed E-state index contributed by atoms with van der Waals surface area (Å²) in [6, 6.07) is 9.07. The van der Waals surface area contributed by atoms with Gasteiger partial charge in [0, 0.05) is 16.7 Å². The number of hydrogen-bond donors (Lipinski definition) is 2. The monoisotopic (exact) mass is 238 g/mol. The third kappa shape index (κ3) is 5.01. The molecule has 1 aromatic carbocycles. The molecule has 0 aliphatic rings. The highest BCUT2D eigenvalue weighted by Gasteiger charge is 2.06. The van der Waals surface area contributed by atoms with Crippen molar-refractivity contribution in [1.82, 2.24) is 5.43 Å². The van der Waals surface area contributed by atoms with Crippen molar-refractivity contribution in [2.75, 3.05) is 5.75 Å². The Morgan fingerprint density at radius 3 is 2.56 bits per heavy atom. The Morgan fingerprint density at radius 1 is 1.31 bits per heavy atom. The molecule has 0 amide bonds. The van der Waals surface area contributed by atoms with Crippen LogP contribution in [0, 0.1) is 6.92 Å². The summed E-state index contributed by atoms with van der Waals surface area (Å²) in [5.74, 6) is 6.58. The molecule has 0 aliphatic carbocycles. The molecule has 16 heavy (non-hydrogen) atoms. The van der Waals surface area contributed by atoms with E-state index in [1.54, 1.807) is 0 Å². The average molecular weight is 238 g/mol. The maximum Gasteiger partial charge on any atom is 0.0304 e. The lowest BCUT2D eigenvalue weighted by Crippen LogP contribution is -2.36. The molecule has 1 atom stereocenters. The zero-order chi connectivity index (χ0) is 11.8. The number of nitrogens with one attached hydrogen (secondary N) is 1. The van der Waals surface area contributed by atoms with Crippen molar-refractivity contribution >= 4 is 11.8 Å². The number of nitrogens with two attached hydrogens (primary N) is 1. The van der Waals surface area contributed by atoms with E-state index in [9.17, 15) is 0 Å². The molecule has 0 heterocycles. The lowest BCUT2D eigenvalue weighted by atomic mass is 10.1.